The van der Waals surface area contributed by atoms with Crippen molar-refractivity contribution in [3.8, 4) is 6.07 Å². The first-order valence-electron chi connectivity index (χ1n) is 6.26. The molecule has 1 heterocycles. The Morgan fingerprint density at radius 3 is 2.62 bits per heavy atom. The van der Waals surface area contributed by atoms with E-state index in [-0.39, 0.29) is 11.7 Å². The van der Waals surface area contributed by atoms with E-state index in [0.29, 0.717) is 22.5 Å². The zero-order chi connectivity index (χ0) is 15.4. The van der Waals surface area contributed by atoms with Gasteiger partial charge in [-0.25, -0.2) is 4.39 Å². The first-order chi connectivity index (χ1) is 10.0. The number of rotatable bonds is 3. The van der Waals surface area contributed by atoms with Crippen molar-refractivity contribution in [2.45, 2.75) is 13.8 Å². The highest BCUT2D eigenvalue weighted by molar-refractivity contribution is 6.01. The van der Waals surface area contributed by atoms with Crippen LogP contribution < -0.4 is 5.32 Å². The molecule has 106 valence electrons. The third-order valence-corrected chi connectivity index (χ3v) is 3.03. The molecule has 0 spiro atoms. The van der Waals surface area contributed by atoms with Gasteiger partial charge in [-0.1, -0.05) is 12.1 Å². The Morgan fingerprint density at radius 2 is 2.00 bits per heavy atom. The molecule has 0 unspecified atom stereocenters. The van der Waals surface area contributed by atoms with E-state index in [2.05, 4.69) is 5.32 Å². The number of amides is 1. The van der Waals surface area contributed by atoms with Crippen LogP contribution in [0.5, 0.6) is 0 Å². The van der Waals surface area contributed by atoms with Crippen molar-refractivity contribution in [2.75, 3.05) is 5.32 Å². The molecule has 2 aromatic rings. The maximum absolute atomic E-state index is 12.8. The minimum Gasteiger partial charge on any atom is -0.444 e. The predicted octanol–water partition coefficient (Wildman–Crippen LogP) is 3.56. The molecule has 0 aliphatic heterocycles. The molecule has 0 aliphatic rings. The van der Waals surface area contributed by atoms with Crippen LogP contribution in [0.25, 0.3) is 6.08 Å². The van der Waals surface area contributed by atoms with Crippen LogP contribution in [0.15, 0.2) is 34.8 Å². The fourth-order valence-electron chi connectivity index (χ4n) is 1.75. The lowest BCUT2D eigenvalue weighted by Crippen LogP contribution is -2.08. The predicted molar refractivity (Wildman–Crippen MR) is 77.0 cm³/mol. The first kappa shape index (κ1) is 14.5. The quantitative estimate of drug-likeness (QED) is 0.876. The van der Waals surface area contributed by atoms with Crippen molar-refractivity contribution in [3.63, 3.8) is 0 Å². The summed E-state index contributed by atoms with van der Waals surface area (Å²) in [5.41, 5.74) is 1.71. The van der Waals surface area contributed by atoms with Gasteiger partial charge in [-0.3, -0.25) is 10.1 Å². The summed E-state index contributed by atoms with van der Waals surface area (Å²) in [4.78, 5) is 11.8. The molecule has 5 heteroatoms. The maximum Gasteiger partial charge on any atom is 0.250 e. The van der Waals surface area contributed by atoms with Crippen LogP contribution in [0.2, 0.25) is 0 Å². The summed E-state index contributed by atoms with van der Waals surface area (Å²) >= 11 is 0. The lowest BCUT2D eigenvalue weighted by molar-refractivity contribution is -0.111. The SMILES string of the molecule is Cc1oc(NC(=O)/C=C/c2ccc(F)cc2)c(C#N)c1C. The molecule has 0 bridgehead atoms. The monoisotopic (exact) mass is 284 g/mol. The molecule has 1 aromatic heterocycles. The number of anilines is 1. The number of hydrogen-bond donors (Lipinski definition) is 1. The van der Waals surface area contributed by atoms with E-state index < -0.39 is 5.91 Å². The molecule has 21 heavy (non-hydrogen) atoms. The smallest absolute Gasteiger partial charge is 0.250 e. The van der Waals surface area contributed by atoms with Gasteiger partial charge in [0.1, 0.15) is 23.2 Å². The Bertz CT molecular complexity index is 737. The van der Waals surface area contributed by atoms with Crippen LogP contribution in [0.1, 0.15) is 22.5 Å². The third-order valence-electron chi connectivity index (χ3n) is 3.03. The summed E-state index contributed by atoms with van der Waals surface area (Å²) in [5.74, 6) is -0.0352. The minimum atomic E-state index is -0.426. The number of carbonyl (C=O) groups excluding carboxylic acids is 1. The molecule has 2 rings (SSSR count). The number of aryl methyl sites for hydroxylation is 1. The van der Waals surface area contributed by atoms with Gasteiger partial charge in [0, 0.05) is 11.6 Å². The fraction of sp³-hybridized carbons (Fsp3) is 0.125. The van der Waals surface area contributed by atoms with Gasteiger partial charge in [0.15, 0.2) is 0 Å². The summed E-state index contributed by atoms with van der Waals surface area (Å²) in [6.07, 6.45) is 2.84. The Morgan fingerprint density at radius 1 is 1.33 bits per heavy atom. The number of nitrogens with one attached hydrogen (secondary N) is 1. The van der Waals surface area contributed by atoms with Crippen molar-refractivity contribution in [1.29, 1.82) is 5.26 Å². The fourth-order valence-corrected chi connectivity index (χ4v) is 1.75. The van der Waals surface area contributed by atoms with Gasteiger partial charge in [0.2, 0.25) is 5.88 Å². The number of halogens is 1. The van der Waals surface area contributed by atoms with Gasteiger partial charge in [0.05, 0.1) is 0 Å². The van der Waals surface area contributed by atoms with Crippen LogP contribution >= 0.6 is 0 Å². The van der Waals surface area contributed by atoms with Crippen molar-refractivity contribution >= 4 is 17.9 Å². The van der Waals surface area contributed by atoms with E-state index in [4.69, 9.17) is 9.68 Å². The van der Waals surface area contributed by atoms with E-state index in [0.717, 1.165) is 0 Å². The summed E-state index contributed by atoms with van der Waals surface area (Å²) in [6, 6.07) is 7.73. The number of benzene rings is 1. The van der Waals surface area contributed by atoms with E-state index >= 15 is 0 Å². The van der Waals surface area contributed by atoms with Gasteiger partial charge in [-0.05, 0) is 37.6 Å². The number of furan rings is 1. The van der Waals surface area contributed by atoms with Gasteiger partial charge in [0.25, 0.3) is 5.91 Å². The van der Waals surface area contributed by atoms with Crippen LogP contribution in [-0.4, -0.2) is 5.91 Å². The minimum absolute atomic E-state index is 0.140. The summed E-state index contributed by atoms with van der Waals surface area (Å²) in [5, 5.41) is 11.6. The maximum atomic E-state index is 12.8. The second-order valence-electron chi connectivity index (χ2n) is 4.47. The van der Waals surface area contributed by atoms with E-state index in [9.17, 15) is 9.18 Å². The molecule has 4 nitrogen and oxygen atoms in total. The summed E-state index contributed by atoms with van der Waals surface area (Å²) in [7, 11) is 0. The van der Waals surface area contributed by atoms with Crippen LogP contribution in [0.3, 0.4) is 0 Å². The molecular formula is C16H13FN2O2. The van der Waals surface area contributed by atoms with E-state index in [1.807, 2.05) is 6.07 Å². The van der Waals surface area contributed by atoms with Gasteiger partial charge in [-0.2, -0.15) is 5.26 Å². The average Bonchev–Trinajstić information content (AvgIpc) is 2.72. The zero-order valence-corrected chi connectivity index (χ0v) is 11.6. The van der Waals surface area contributed by atoms with Crippen molar-refractivity contribution < 1.29 is 13.6 Å². The van der Waals surface area contributed by atoms with Crippen molar-refractivity contribution in [3.05, 3.63) is 58.6 Å². The Labute approximate surface area is 121 Å². The topological polar surface area (TPSA) is 66.0 Å². The highest BCUT2D eigenvalue weighted by atomic mass is 19.1. The molecular weight excluding hydrogens is 271 g/mol. The van der Waals surface area contributed by atoms with Gasteiger partial charge < -0.3 is 4.42 Å². The highest BCUT2D eigenvalue weighted by Crippen LogP contribution is 2.25. The van der Waals surface area contributed by atoms with Crippen molar-refractivity contribution in [2.24, 2.45) is 0 Å². The lowest BCUT2D eigenvalue weighted by Gasteiger charge is -1.98. The molecule has 1 aromatic carbocycles. The Hall–Kier alpha value is -2.87. The molecule has 1 N–H and O–H groups in total. The lowest BCUT2D eigenvalue weighted by atomic mass is 10.2. The third kappa shape index (κ3) is 3.37. The van der Waals surface area contributed by atoms with Crippen LogP contribution in [0, 0.1) is 31.0 Å². The molecule has 0 saturated heterocycles. The summed E-state index contributed by atoms with van der Waals surface area (Å²) in [6.45, 7) is 3.47. The Kier molecular flexibility index (Phi) is 4.19. The number of nitriles is 1. The molecule has 0 atom stereocenters. The second-order valence-corrected chi connectivity index (χ2v) is 4.47. The van der Waals surface area contributed by atoms with E-state index in [1.54, 1.807) is 32.1 Å². The zero-order valence-electron chi connectivity index (χ0n) is 11.6. The number of carbonyl (C=O) groups is 1. The molecule has 1 amide bonds. The molecule has 0 saturated carbocycles. The standard InChI is InChI=1S/C16H13FN2O2/c1-10-11(2)21-16(14(10)9-18)19-15(20)8-5-12-3-6-13(17)7-4-12/h3-8H,1-2H3,(H,19,20)/b8-5+. The van der Waals surface area contributed by atoms with Gasteiger partial charge >= 0.3 is 0 Å². The van der Waals surface area contributed by atoms with Crippen LogP contribution in [-0.2, 0) is 4.79 Å². The number of nitrogens with zero attached hydrogens (tertiary/aromatic N) is 1. The highest BCUT2D eigenvalue weighted by Gasteiger charge is 2.15. The van der Waals surface area contributed by atoms with Gasteiger partial charge in [-0.15, -0.1) is 0 Å². The molecule has 0 aliphatic carbocycles. The van der Waals surface area contributed by atoms with Crippen LogP contribution in [0.4, 0.5) is 10.3 Å². The summed E-state index contributed by atoms with van der Waals surface area (Å²) < 4.78 is 18.1. The number of hydrogen-bond acceptors (Lipinski definition) is 3. The Balaban J connectivity index is 2.10. The molecule has 0 radical (unpaired) electrons. The average molecular weight is 284 g/mol. The molecule has 0 fully saturated rings. The first-order valence-corrected chi connectivity index (χ1v) is 6.26. The van der Waals surface area contributed by atoms with E-state index in [1.165, 1.54) is 18.2 Å². The normalized spacial score (nSPS) is 10.6. The van der Waals surface area contributed by atoms with Crippen molar-refractivity contribution in [1.82, 2.24) is 0 Å². The largest absolute Gasteiger partial charge is 0.444 e. The second kappa shape index (κ2) is 6.06.